The topological polar surface area (TPSA) is 76.4 Å². The molecule has 0 aliphatic heterocycles. The molecule has 0 amide bonds. The number of halogens is 1. The summed E-state index contributed by atoms with van der Waals surface area (Å²) in [4.78, 5) is 0. The van der Waals surface area contributed by atoms with Crippen LogP contribution in [0.25, 0.3) is 6.08 Å². The molecular formula is C18H16BrNO4S. The van der Waals surface area contributed by atoms with Crippen molar-refractivity contribution >= 4 is 32.1 Å². The van der Waals surface area contributed by atoms with Crippen molar-refractivity contribution in [1.29, 1.82) is 5.26 Å². The van der Waals surface area contributed by atoms with E-state index in [-0.39, 0.29) is 11.5 Å². The zero-order valence-corrected chi connectivity index (χ0v) is 16.1. The lowest BCUT2D eigenvalue weighted by molar-refractivity contribution is 0.327. The first-order valence-electron chi connectivity index (χ1n) is 7.40. The number of nitrogens with zero attached hydrogens (tertiary/aromatic N) is 1. The molecular weight excluding hydrogens is 406 g/mol. The largest absolute Gasteiger partial charge is 0.490 e. The highest BCUT2D eigenvalue weighted by Crippen LogP contribution is 2.38. The number of ether oxygens (including phenoxy) is 1. The number of benzene rings is 2. The second kappa shape index (κ2) is 8.19. The first-order chi connectivity index (χ1) is 11.8. The standard InChI is InChI=1S/C18H16BrNO4S/c1-3-23-17-11-15(12-20)10-16(19)18(17)24-25(21,22)9-8-14-6-4-13(2)5-7-14/h4-11H,3H2,1-2H3. The van der Waals surface area contributed by atoms with Crippen LogP contribution in [-0.4, -0.2) is 15.0 Å². The summed E-state index contributed by atoms with van der Waals surface area (Å²) in [5.74, 6) is 0.190. The summed E-state index contributed by atoms with van der Waals surface area (Å²) in [6.07, 6.45) is 1.45. The molecule has 0 unspecified atom stereocenters. The maximum absolute atomic E-state index is 12.3. The molecule has 0 aliphatic rings. The second-order valence-electron chi connectivity index (χ2n) is 5.12. The van der Waals surface area contributed by atoms with E-state index in [0.29, 0.717) is 16.6 Å². The van der Waals surface area contributed by atoms with Gasteiger partial charge in [0.1, 0.15) is 0 Å². The molecule has 0 fully saturated rings. The fourth-order valence-electron chi connectivity index (χ4n) is 1.96. The molecule has 0 heterocycles. The van der Waals surface area contributed by atoms with Gasteiger partial charge in [-0.05, 0) is 47.5 Å². The summed E-state index contributed by atoms with van der Waals surface area (Å²) < 4.78 is 35.4. The van der Waals surface area contributed by atoms with E-state index in [0.717, 1.165) is 16.5 Å². The van der Waals surface area contributed by atoms with E-state index in [4.69, 9.17) is 14.2 Å². The fraction of sp³-hybridized carbons (Fsp3) is 0.167. The summed E-state index contributed by atoms with van der Waals surface area (Å²) in [7, 11) is -4.00. The maximum Gasteiger partial charge on any atom is 0.332 e. The normalized spacial score (nSPS) is 11.3. The lowest BCUT2D eigenvalue weighted by Gasteiger charge is -2.12. The number of nitriles is 1. The van der Waals surface area contributed by atoms with Gasteiger partial charge in [-0.15, -0.1) is 0 Å². The molecule has 0 bridgehead atoms. The summed E-state index contributed by atoms with van der Waals surface area (Å²) >= 11 is 3.22. The second-order valence-corrected chi connectivity index (χ2v) is 7.40. The van der Waals surface area contributed by atoms with Crippen molar-refractivity contribution in [2.75, 3.05) is 6.61 Å². The monoisotopic (exact) mass is 421 g/mol. The summed E-state index contributed by atoms with van der Waals surface area (Å²) in [5, 5.41) is 10.00. The molecule has 0 radical (unpaired) electrons. The number of hydrogen-bond acceptors (Lipinski definition) is 5. The van der Waals surface area contributed by atoms with E-state index in [9.17, 15) is 8.42 Å². The third-order valence-corrected chi connectivity index (χ3v) is 4.60. The van der Waals surface area contributed by atoms with Crippen molar-refractivity contribution in [1.82, 2.24) is 0 Å². The molecule has 5 nitrogen and oxygen atoms in total. The highest BCUT2D eigenvalue weighted by atomic mass is 79.9. The van der Waals surface area contributed by atoms with Gasteiger partial charge < -0.3 is 8.92 Å². The Morgan fingerprint density at radius 2 is 1.92 bits per heavy atom. The van der Waals surface area contributed by atoms with Crippen LogP contribution in [0.1, 0.15) is 23.6 Å². The molecule has 0 saturated carbocycles. The summed E-state index contributed by atoms with van der Waals surface area (Å²) in [6.45, 7) is 4.00. The SMILES string of the molecule is CCOc1cc(C#N)cc(Br)c1OS(=O)(=O)C=Cc1ccc(C)cc1. The summed E-state index contributed by atoms with van der Waals surface area (Å²) in [5.41, 5.74) is 2.15. The molecule has 2 rings (SSSR count). The lowest BCUT2D eigenvalue weighted by atomic mass is 10.2. The Morgan fingerprint density at radius 3 is 2.52 bits per heavy atom. The first-order valence-corrected chi connectivity index (χ1v) is 9.66. The van der Waals surface area contributed by atoms with Crippen LogP contribution >= 0.6 is 15.9 Å². The number of hydrogen-bond donors (Lipinski definition) is 0. The molecule has 2 aromatic rings. The molecule has 2 aromatic carbocycles. The van der Waals surface area contributed by atoms with E-state index in [1.54, 1.807) is 6.92 Å². The van der Waals surface area contributed by atoms with Gasteiger partial charge in [0.25, 0.3) is 0 Å². The summed E-state index contributed by atoms with van der Waals surface area (Å²) in [6, 6.07) is 12.3. The van der Waals surface area contributed by atoms with E-state index < -0.39 is 10.1 Å². The smallest absolute Gasteiger partial charge is 0.332 e. The van der Waals surface area contributed by atoms with Crippen LogP contribution in [0.2, 0.25) is 0 Å². The van der Waals surface area contributed by atoms with Gasteiger partial charge in [-0.3, -0.25) is 0 Å². The molecule has 0 N–H and O–H groups in total. The third kappa shape index (κ3) is 5.34. The van der Waals surface area contributed by atoms with Gasteiger partial charge in [0.05, 0.1) is 28.1 Å². The van der Waals surface area contributed by atoms with Crippen molar-refractivity contribution < 1.29 is 17.3 Å². The Bertz CT molecular complexity index is 929. The van der Waals surface area contributed by atoms with E-state index in [2.05, 4.69) is 15.9 Å². The minimum Gasteiger partial charge on any atom is -0.490 e. The van der Waals surface area contributed by atoms with Gasteiger partial charge in [-0.2, -0.15) is 13.7 Å². The van der Waals surface area contributed by atoms with Gasteiger partial charge in [0, 0.05) is 6.07 Å². The van der Waals surface area contributed by atoms with Crippen LogP contribution in [0, 0.1) is 18.3 Å². The molecule has 0 saturated heterocycles. The minimum absolute atomic E-state index is 0.00871. The third-order valence-electron chi connectivity index (χ3n) is 3.14. The quantitative estimate of drug-likeness (QED) is 0.645. The number of aryl methyl sites for hydroxylation is 1. The highest BCUT2D eigenvalue weighted by Gasteiger charge is 2.18. The van der Waals surface area contributed by atoms with Gasteiger partial charge in [-0.25, -0.2) is 0 Å². The molecule has 130 valence electrons. The zero-order chi connectivity index (χ0) is 18.4. The average Bonchev–Trinajstić information content (AvgIpc) is 2.57. The van der Waals surface area contributed by atoms with Crippen molar-refractivity contribution in [3.8, 4) is 17.6 Å². The zero-order valence-electron chi connectivity index (χ0n) is 13.7. The van der Waals surface area contributed by atoms with Crippen molar-refractivity contribution in [2.24, 2.45) is 0 Å². The van der Waals surface area contributed by atoms with Crippen molar-refractivity contribution in [2.45, 2.75) is 13.8 Å². The van der Waals surface area contributed by atoms with E-state index in [1.807, 2.05) is 37.3 Å². The molecule has 0 aliphatic carbocycles. The van der Waals surface area contributed by atoms with Crippen LogP contribution in [0.4, 0.5) is 0 Å². The molecule has 25 heavy (non-hydrogen) atoms. The first kappa shape index (κ1) is 19.0. The predicted octanol–water partition coefficient (Wildman–Crippen LogP) is 4.41. The Kier molecular flexibility index (Phi) is 6.23. The highest BCUT2D eigenvalue weighted by molar-refractivity contribution is 9.10. The van der Waals surface area contributed by atoms with Crippen LogP contribution in [-0.2, 0) is 10.1 Å². The number of rotatable bonds is 6. The Labute approximate surface area is 155 Å². The Morgan fingerprint density at radius 1 is 1.24 bits per heavy atom. The molecule has 0 atom stereocenters. The van der Waals surface area contributed by atoms with Gasteiger partial charge in [0.2, 0.25) is 0 Å². The van der Waals surface area contributed by atoms with Crippen LogP contribution in [0.5, 0.6) is 11.5 Å². The van der Waals surface area contributed by atoms with Gasteiger partial charge in [-0.1, -0.05) is 29.8 Å². The van der Waals surface area contributed by atoms with Crippen LogP contribution in [0.3, 0.4) is 0 Å². The predicted molar refractivity (Wildman–Crippen MR) is 99.8 cm³/mol. The Hall–Kier alpha value is -2.30. The molecule has 0 spiro atoms. The van der Waals surface area contributed by atoms with Gasteiger partial charge >= 0.3 is 10.1 Å². The molecule has 7 heteroatoms. The van der Waals surface area contributed by atoms with Crippen molar-refractivity contribution in [3.05, 3.63) is 63.0 Å². The fourth-order valence-corrected chi connectivity index (χ4v) is 3.37. The van der Waals surface area contributed by atoms with E-state index >= 15 is 0 Å². The van der Waals surface area contributed by atoms with Crippen molar-refractivity contribution in [3.63, 3.8) is 0 Å². The van der Waals surface area contributed by atoms with Crippen LogP contribution in [0.15, 0.2) is 46.3 Å². The maximum atomic E-state index is 12.3. The minimum atomic E-state index is -4.00. The Balaban J connectivity index is 2.31. The molecule has 0 aromatic heterocycles. The lowest BCUT2D eigenvalue weighted by Crippen LogP contribution is -2.07. The van der Waals surface area contributed by atoms with Gasteiger partial charge in [0.15, 0.2) is 11.5 Å². The van der Waals surface area contributed by atoms with Crippen LogP contribution < -0.4 is 8.92 Å². The average molecular weight is 422 g/mol. The van der Waals surface area contributed by atoms with E-state index in [1.165, 1.54) is 18.2 Å².